The van der Waals surface area contributed by atoms with Gasteiger partial charge in [-0.25, -0.2) is 4.98 Å². The Bertz CT molecular complexity index is 1020. The minimum absolute atomic E-state index is 0.137. The quantitative estimate of drug-likeness (QED) is 0.673. The standard InChI is InChI=1S/C19H19F2N5O2/c1-19(20,21)18(27)25-8-6-13(7-9-25)15-11-22-16(26-12-23-24-17(15)26)5-4-14-3-2-10-28-14/h2-3,6,10-12H,4-5,7-9H2,1H3. The van der Waals surface area contributed by atoms with Gasteiger partial charge in [-0.1, -0.05) is 6.08 Å². The molecule has 3 aromatic rings. The van der Waals surface area contributed by atoms with E-state index in [4.69, 9.17) is 4.42 Å². The highest BCUT2D eigenvalue weighted by Crippen LogP contribution is 2.27. The summed E-state index contributed by atoms with van der Waals surface area (Å²) in [7, 11) is 0. The van der Waals surface area contributed by atoms with Gasteiger partial charge in [0.25, 0.3) is 5.91 Å². The molecule has 146 valence electrons. The van der Waals surface area contributed by atoms with Gasteiger partial charge in [0.05, 0.1) is 6.26 Å². The monoisotopic (exact) mass is 387 g/mol. The van der Waals surface area contributed by atoms with E-state index in [9.17, 15) is 13.6 Å². The van der Waals surface area contributed by atoms with E-state index in [2.05, 4.69) is 15.2 Å². The number of aryl methyl sites for hydroxylation is 2. The van der Waals surface area contributed by atoms with Gasteiger partial charge < -0.3 is 9.32 Å². The van der Waals surface area contributed by atoms with Crippen molar-refractivity contribution in [3.63, 3.8) is 0 Å². The lowest BCUT2D eigenvalue weighted by atomic mass is 10.0. The molecule has 0 N–H and O–H groups in total. The number of carbonyl (C=O) groups excluding carboxylic acids is 1. The van der Waals surface area contributed by atoms with Crippen LogP contribution in [0.15, 0.2) is 41.4 Å². The molecule has 4 rings (SSSR count). The summed E-state index contributed by atoms with van der Waals surface area (Å²) in [6.45, 7) is 0.993. The number of aromatic nitrogens is 4. The SMILES string of the molecule is CC(F)(F)C(=O)N1CC=C(c2cnc(CCc3ccco3)n3cnnc23)CC1. The molecule has 0 aromatic carbocycles. The number of rotatable bonds is 5. The molecule has 0 bridgehead atoms. The normalized spacial score (nSPS) is 15.1. The lowest BCUT2D eigenvalue weighted by Crippen LogP contribution is -2.43. The summed E-state index contributed by atoms with van der Waals surface area (Å²) < 4.78 is 33.7. The smallest absolute Gasteiger partial charge is 0.322 e. The Morgan fingerprint density at radius 3 is 2.89 bits per heavy atom. The van der Waals surface area contributed by atoms with Crippen LogP contribution in [0.25, 0.3) is 11.2 Å². The lowest BCUT2D eigenvalue weighted by Gasteiger charge is -2.28. The van der Waals surface area contributed by atoms with E-state index >= 15 is 0 Å². The van der Waals surface area contributed by atoms with Crippen LogP contribution in [0.1, 0.15) is 30.5 Å². The van der Waals surface area contributed by atoms with Crippen molar-refractivity contribution in [2.75, 3.05) is 13.1 Å². The molecular formula is C19H19F2N5O2. The second kappa shape index (κ2) is 7.14. The van der Waals surface area contributed by atoms with Crippen molar-refractivity contribution in [3.05, 3.63) is 54.1 Å². The molecule has 0 fully saturated rings. The largest absolute Gasteiger partial charge is 0.469 e. The van der Waals surface area contributed by atoms with Crippen molar-refractivity contribution in [2.45, 2.75) is 32.1 Å². The zero-order chi connectivity index (χ0) is 19.7. The summed E-state index contributed by atoms with van der Waals surface area (Å²) in [4.78, 5) is 17.5. The molecule has 0 radical (unpaired) electrons. The zero-order valence-electron chi connectivity index (χ0n) is 15.3. The Morgan fingerprint density at radius 1 is 1.36 bits per heavy atom. The highest BCUT2D eigenvalue weighted by Gasteiger charge is 2.37. The van der Waals surface area contributed by atoms with Crippen LogP contribution in [0.2, 0.25) is 0 Å². The Kier molecular flexibility index (Phi) is 4.66. The van der Waals surface area contributed by atoms with E-state index < -0.39 is 11.8 Å². The fraction of sp³-hybridized carbons (Fsp3) is 0.368. The molecule has 0 saturated carbocycles. The van der Waals surface area contributed by atoms with Crippen LogP contribution < -0.4 is 0 Å². The summed E-state index contributed by atoms with van der Waals surface area (Å²) in [6, 6.07) is 3.76. The highest BCUT2D eigenvalue weighted by molar-refractivity contribution is 5.85. The zero-order valence-corrected chi connectivity index (χ0v) is 15.3. The number of nitrogens with zero attached hydrogens (tertiary/aromatic N) is 5. The number of hydrogen-bond acceptors (Lipinski definition) is 5. The second-order valence-corrected chi connectivity index (χ2v) is 6.81. The van der Waals surface area contributed by atoms with Crippen LogP contribution >= 0.6 is 0 Å². The predicted molar refractivity (Wildman–Crippen MR) is 96.7 cm³/mol. The number of amides is 1. The van der Waals surface area contributed by atoms with Gasteiger partial charge in [0.1, 0.15) is 17.9 Å². The van der Waals surface area contributed by atoms with Gasteiger partial charge in [0.15, 0.2) is 5.65 Å². The van der Waals surface area contributed by atoms with E-state index in [1.54, 1.807) is 24.9 Å². The first-order valence-corrected chi connectivity index (χ1v) is 9.00. The molecule has 4 heterocycles. The third-order valence-electron chi connectivity index (χ3n) is 4.80. The average Bonchev–Trinajstić information content (AvgIpc) is 3.37. The molecule has 0 saturated heterocycles. The van der Waals surface area contributed by atoms with Crippen molar-refractivity contribution < 1.29 is 18.0 Å². The van der Waals surface area contributed by atoms with Crippen LogP contribution in [0, 0.1) is 0 Å². The summed E-state index contributed by atoms with van der Waals surface area (Å²) >= 11 is 0. The summed E-state index contributed by atoms with van der Waals surface area (Å²) in [5.41, 5.74) is 2.39. The lowest BCUT2D eigenvalue weighted by molar-refractivity contribution is -0.154. The topological polar surface area (TPSA) is 76.5 Å². The Labute approximate surface area is 159 Å². The maximum atomic E-state index is 13.3. The van der Waals surface area contributed by atoms with E-state index in [-0.39, 0.29) is 13.1 Å². The molecule has 1 aliphatic rings. The van der Waals surface area contributed by atoms with Crippen molar-refractivity contribution in [3.8, 4) is 0 Å². The molecule has 1 amide bonds. The molecule has 0 aliphatic carbocycles. The Hall–Kier alpha value is -3.10. The fourth-order valence-electron chi connectivity index (χ4n) is 3.34. The maximum Gasteiger partial charge on any atom is 0.322 e. The number of furan rings is 1. The van der Waals surface area contributed by atoms with Gasteiger partial charge in [-0.15, -0.1) is 10.2 Å². The first-order chi connectivity index (χ1) is 13.4. The number of hydrogen-bond donors (Lipinski definition) is 0. The summed E-state index contributed by atoms with van der Waals surface area (Å²) in [5, 5.41) is 8.20. The molecule has 9 heteroatoms. The molecule has 0 atom stereocenters. The molecule has 1 aliphatic heterocycles. The highest BCUT2D eigenvalue weighted by atomic mass is 19.3. The van der Waals surface area contributed by atoms with Crippen LogP contribution in [0.4, 0.5) is 8.78 Å². The Balaban J connectivity index is 1.55. The van der Waals surface area contributed by atoms with Gasteiger partial charge in [-0.3, -0.25) is 9.20 Å². The Morgan fingerprint density at radius 2 is 2.21 bits per heavy atom. The van der Waals surface area contributed by atoms with Crippen molar-refractivity contribution in [2.24, 2.45) is 0 Å². The van der Waals surface area contributed by atoms with E-state index in [1.165, 1.54) is 0 Å². The van der Waals surface area contributed by atoms with Crippen molar-refractivity contribution in [1.29, 1.82) is 0 Å². The van der Waals surface area contributed by atoms with Crippen LogP contribution in [0.3, 0.4) is 0 Å². The van der Waals surface area contributed by atoms with Crippen molar-refractivity contribution >= 4 is 17.1 Å². The third-order valence-corrected chi connectivity index (χ3v) is 4.80. The molecular weight excluding hydrogens is 368 g/mol. The molecule has 0 unspecified atom stereocenters. The molecule has 28 heavy (non-hydrogen) atoms. The van der Waals surface area contributed by atoms with Crippen molar-refractivity contribution in [1.82, 2.24) is 24.5 Å². The summed E-state index contributed by atoms with van der Waals surface area (Å²) in [6.07, 6.45) is 8.59. The average molecular weight is 387 g/mol. The summed E-state index contributed by atoms with van der Waals surface area (Å²) in [5.74, 6) is -2.83. The first kappa shape index (κ1) is 18.3. The number of fused-ring (bicyclic) bond motifs is 1. The predicted octanol–water partition coefficient (Wildman–Crippen LogP) is 2.77. The number of halogens is 2. The minimum Gasteiger partial charge on any atom is -0.469 e. The molecule has 0 spiro atoms. The van der Waals surface area contributed by atoms with Crippen LogP contribution in [-0.2, 0) is 17.6 Å². The van der Waals surface area contributed by atoms with E-state index in [0.29, 0.717) is 31.8 Å². The minimum atomic E-state index is -3.36. The fourth-order valence-corrected chi connectivity index (χ4v) is 3.34. The van der Waals surface area contributed by atoms with Gasteiger partial charge in [-0.2, -0.15) is 8.78 Å². The van der Waals surface area contributed by atoms with Gasteiger partial charge in [-0.05, 0) is 24.1 Å². The van der Waals surface area contributed by atoms with Gasteiger partial charge in [0, 0.05) is 44.6 Å². The first-order valence-electron chi connectivity index (χ1n) is 9.00. The van der Waals surface area contributed by atoms with E-state index in [1.807, 2.05) is 16.5 Å². The van der Waals surface area contributed by atoms with Crippen LogP contribution in [0.5, 0.6) is 0 Å². The number of alkyl halides is 2. The number of carbonyl (C=O) groups is 1. The van der Waals surface area contributed by atoms with Crippen LogP contribution in [-0.4, -0.2) is 49.4 Å². The maximum absolute atomic E-state index is 13.3. The van der Waals surface area contributed by atoms with Gasteiger partial charge >= 0.3 is 5.92 Å². The molecule has 3 aromatic heterocycles. The second-order valence-electron chi connectivity index (χ2n) is 6.81. The van der Waals surface area contributed by atoms with Gasteiger partial charge in [0.2, 0.25) is 0 Å². The van der Waals surface area contributed by atoms with E-state index in [0.717, 1.165) is 27.6 Å². The third kappa shape index (κ3) is 3.51. The molecule has 7 nitrogen and oxygen atoms in total.